The standard InChI is InChI=1S/C12H13BrFNO2/c1-8-7-15(4-5-17-8)12(16)10-6-9(14)2-3-11(10)13/h2-3,6,8H,4-5,7H2,1H3/t8-/m0/s1. The number of benzene rings is 1. The predicted octanol–water partition coefficient (Wildman–Crippen LogP) is 2.45. The van der Waals surface area contributed by atoms with Crippen molar-refractivity contribution in [1.29, 1.82) is 0 Å². The van der Waals surface area contributed by atoms with Gasteiger partial charge in [-0.05, 0) is 41.1 Å². The summed E-state index contributed by atoms with van der Waals surface area (Å²) in [6.45, 7) is 3.54. The molecule has 0 unspecified atom stereocenters. The molecule has 3 nitrogen and oxygen atoms in total. The highest BCUT2D eigenvalue weighted by atomic mass is 79.9. The average Bonchev–Trinajstić information content (AvgIpc) is 2.31. The van der Waals surface area contributed by atoms with E-state index < -0.39 is 5.82 Å². The van der Waals surface area contributed by atoms with Crippen molar-refractivity contribution >= 4 is 21.8 Å². The summed E-state index contributed by atoms with van der Waals surface area (Å²) in [5.41, 5.74) is 0.360. The number of rotatable bonds is 1. The Kier molecular flexibility index (Phi) is 3.79. The molecule has 0 aliphatic carbocycles. The number of nitrogens with zero attached hydrogens (tertiary/aromatic N) is 1. The molecular weight excluding hydrogens is 289 g/mol. The van der Waals surface area contributed by atoms with Crippen molar-refractivity contribution < 1.29 is 13.9 Å². The summed E-state index contributed by atoms with van der Waals surface area (Å²) in [5, 5.41) is 0. The Labute approximate surface area is 108 Å². The first kappa shape index (κ1) is 12.5. The minimum atomic E-state index is -0.405. The van der Waals surface area contributed by atoms with Crippen molar-refractivity contribution in [3.8, 4) is 0 Å². The van der Waals surface area contributed by atoms with Crippen molar-refractivity contribution in [2.45, 2.75) is 13.0 Å². The van der Waals surface area contributed by atoms with Gasteiger partial charge in [0.25, 0.3) is 5.91 Å². The highest BCUT2D eigenvalue weighted by molar-refractivity contribution is 9.10. The fraction of sp³-hybridized carbons (Fsp3) is 0.417. The summed E-state index contributed by atoms with van der Waals surface area (Å²) in [4.78, 5) is 13.9. The van der Waals surface area contributed by atoms with E-state index in [4.69, 9.17) is 4.74 Å². The van der Waals surface area contributed by atoms with E-state index in [1.54, 1.807) is 11.0 Å². The quantitative estimate of drug-likeness (QED) is 0.797. The number of carbonyl (C=O) groups is 1. The van der Waals surface area contributed by atoms with Crippen LogP contribution >= 0.6 is 15.9 Å². The summed E-state index contributed by atoms with van der Waals surface area (Å²) in [5.74, 6) is -0.565. The van der Waals surface area contributed by atoms with E-state index in [1.165, 1.54) is 12.1 Å². The Hall–Kier alpha value is -0.940. The van der Waals surface area contributed by atoms with Gasteiger partial charge < -0.3 is 9.64 Å². The van der Waals surface area contributed by atoms with Crippen molar-refractivity contribution in [3.05, 3.63) is 34.1 Å². The monoisotopic (exact) mass is 301 g/mol. The van der Waals surface area contributed by atoms with E-state index in [-0.39, 0.29) is 12.0 Å². The summed E-state index contributed by atoms with van der Waals surface area (Å²) in [7, 11) is 0. The average molecular weight is 302 g/mol. The molecule has 92 valence electrons. The van der Waals surface area contributed by atoms with Gasteiger partial charge in [0.15, 0.2) is 0 Å². The molecule has 1 saturated heterocycles. The molecule has 1 fully saturated rings. The number of carbonyl (C=O) groups excluding carboxylic acids is 1. The van der Waals surface area contributed by atoms with Crippen molar-refractivity contribution in [2.24, 2.45) is 0 Å². The van der Waals surface area contributed by atoms with Crippen LogP contribution in [0.3, 0.4) is 0 Å². The largest absolute Gasteiger partial charge is 0.375 e. The second-order valence-electron chi connectivity index (χ2n) is 4.06. The van der Waals surface area contributed by atoms with Crippen LogP contribution in [0.25, 0.3) is 0 Å². The normalized spacial score (nSPS) is 20.4. The molecule has 1 amide bonds. The van der Waals surface area contributed by atoms with E-state index in [2.05, 4.69) is 15.9 Å². The van der Waals surface area contributed by atoms with Crippen molar-refractivity contribution in [2.75, 3.05) is 19.7 Å². The van der Waals surface area contributed by atoms with Crippen LogP contribution in [0.15, 0.2) is 22.7 Å². The number of ether oxygens (including phenoxy) is 1. The molecule has 0 aromatic heterocycles. The zero-order valence-corrected chi connectivity index (χ0v) is 11.0. The molecule has 1 aliphatic rings. The molecule has 5 heteroatoms. The zero-order chi connectivity index (χ0) is 12.4. The van der Waals surface area contributed by atoms with E-state index in [0.29, 0.717) is 29.7 Å². The maximum atomic E-state index is 13.1. The lowest BCUT2D eigenvalue weighted by molar-refractivity contribution is -0.0124. The molecule has 1 aliphatic heterocycles. The first-order valence-corrected chi connectivity index (χ1v) is 6.23. The summed E-state index contributed by atoms with van der Waals surface area (Å²) < 4.78 is 19.1. The number of morpholine rings is 1. The third kappa shape index (κ3) is 2.84. The zero-order valence-electron chi connectivity index (χ0n) is 9.45. The van der Waals surface area contributed by atoms with Gasteiger partial charge in [-0.25, -0.2) is 4.39 Å². The van der Waals surface area contributed by atoms with Gasteiger partial charge in [0.1, 0.15) is 5.82 Å². The minimum absolute atomic E-state index is 0.0278. The topological polar surface area (TPSA) is 29.5 Å². The molecule has 0 bridgehead atoms. The van der Waals surface area contributed by atoms with Gasteiger partial charge in [0.05, 0.1) is 18.3 Å². The molecule has 1 aromatic carbocycles. The Morgan fingerprint density at radius 2 is 2.35 bits per heavy atom. The fourth-order valence-corrected chi connectivity index (χ4v) is 2.25. The van der Waals surface area contributed by atoms with Gasteiger partial charge in [-0.3, -0.25) is 4.79 Å². The molecule has 17 heavy (non-hydrogen) atoms. The Morgan fingerprint density at radius 3 is 3.06 bits per heavy atom. The van der Waals surface area contributed by atoms with E-state index in [0.717, 1.165) is 0 Å². The highest BCUT2D eigenvalue weighted by Gasteiger charge is 2.24. The lowest BCUT2D eigenvalue weighted by atomic mass is 10.1. The minimum Gasteiger partial charge on any atom is -0.375 e. The van der Waals surface area contributed by atoms with Crippen LogP contribution < -0.4 is 0 Å². The maximum absolute atomic E-state index is 13.1. The lowest BCUT2D eigenvalue weighted by Crippen LogP contribution is -2.44. The van der Waals surface area contributed by atoms with Gasteiger partial charge in [-0.1, -0.05) is 0 Å². The second kappa shape index (κ2) is 5.14. The van der Waals surface area contributed by atoms with Crippen LogP contribution in [0.1, 0.15) is 17.3 Å². The highest BCUT2D eigenvalue weighted by Crippen LogP contribution is 2.20. The molecule has 0 N–H and O–H groups in total. The SMILES string of the molecule is C[C@H]1CN(C(=O)c2cc(F)ccc2Br)CCO1. The van der Waals surface area contributed by atoms with Crippen molar-refractivity contribution in [1.82, 2.24) is 4.90 Å². The molecule has 0 radical (unpaired) electrons. The molecule has 2 rings (SSSR count). The van der Waals surface area contributed by atoms with E-state index >= 15 is 0 Å². The van der Waals surface area contributed by atoms with Crippen LogP contribution in [-0.4, -0.2) is 36.6 Å². The van der Waals surface area contributed by atoms with Crippen LogP contribution in [0.4, 0.5) is 4.39 Å². The number of hydrogen-bond donors (Lipinski definition) is 0. The second-order valence-corrected chi connectivity index (χ2v) is 4.91. The molecule has 1 atom stereocenters. The molecule has 0 saturated carbocycles. The summed E-state index contributed by atoms with van der Waals surface area (Å²) in [6.07, 6.45) is 0.0278. The first-order chi connectivity index (χ1) is 8.08. The number of hydrogen-bond acceptors (Lipinski definition) is 2. The number of halogens is 2. The third-order valence-electron chi connectivity index (χ3n) is 2.69. The Balaban J connectivity index is 2.21. The van der Waals surface area contributed by atoms with Gasteiger partial charge in [-0.2, -0.15) is 0 Å². The van der Waals surface area contributed by atoms with E-state index in [1.807, 2.05) is 6.92 Å². The van der Waals surface area contributed by atoms with Crippen LogP contribution in [0.2, 0.25) is 0 Å². The molecule has 0 spiro atoms. The van der Waals surface area contributed by atoms with Gasteiger partial charge in [-0.15, -0.1) is 0 Å². The van der Waals surface area contributed by atoms with Crippen LogP contribution in [0.5, 0.6) is 0 Å². The van der Waals surface area contributed by atoms with Crippen LogP contribution in [0, 0.1) is 5.82 Å². The van der Waals surface area contributed by atoms with Crippen molar-refractivity contribution in [3.63, 3.8) is 0 Å². The predicted molar refractivity (Wildman–Crippen MR) is 65.4 cm³/mol. The first-order valence-electron chi connectivity index (χ1n) is 5.44. The lowest BCUT2D eigenvalue weighted by Gasteiger charge is -2.31. The molecular formula is C12H13BrFNO2. The van der Waals surface area contributed by atoms with Gasteiger partial charge in [0.2, 0.25) is 0 Å². The maximum Gasteiger partial charge on any atom is 0.255 e. The third-order valence-corrected chi connectivity index (χ3v) is 3.38. The Bertz CT molecular complexity index is 439. The molecule has 1 aromatic rings. The fourth-order valence-electron chi connectivity index (χ4n) is 1.83. The smallest absolute Gasteiger partial charge is 0.255 e. The van der Waals surface area contributed by atoms with Crippen LogP contribution in [-0.2, 0) is 4.74 Å². The van der Waals surface area contributed by atoms with E-state index in [9.17, 15) is 9.18 Å². The summed E-state index contributed by atoms with van der Waals surface area (Å²) >= 11 is 3.27. The Morgan fingerprint density at radius 1 is 1.59 bits per heavy atom. The summed E-state index contributed by atoms with van der Waals surface area (Å²) in [6, 6.07) is 4.13. The van der Waals surface area contributed by atoms with Gasteiger partial charge >= 0.3 is 0 Å². The number of amides is 1. The van der Waals surface area contributed by atoms with Gasteiger partial charge in [0, 0.05) is 17.6 Å². The molecule has 1 heterocycles.